The number of carbonyl (C=O) groups excluding carboxylic acids is 1. The molecule has 0 radical (unpaired) electrons. The molecular weight excluding hydrogens is 306 g/mol. The number of methoxy groups -OCH3 is 1. The topological polar surface area (TPSA) is 77.1 Å². The van der Waals surface area contributed by atoms with Crippen LogP contribution >= 0.6 is 0 Å². The molecule has 24 heavy (non-hydrogen) atoms. The normalized spacial score (nSPS) is 11.1. The fraction of sp³-hybridized carbons (Fsp3) is 0.167. The van der Waals surface area contributed by atoms with Crippen molar-refractivity contribution in [3.05, 3.63) is 53.5 Å². The van der Waals surface area contributed by atoms with Gasteiger partial charge in [-0.15, -0.1) is 0 Å². The highest BCUT2D eigenvalue weighted by Crippen LogP contribution is 2.32. The fourth-order valence-electron chi connectivity index (χ4n) is 2.46. The van der Waals surface area contributed by atoms with Crippen molar-refractivity contribution in [2.24, 2.45) is 0 Å². The molecule has 0 amide bonds. The third-order valence-electron chi connectivity index (χ3n) is 3.55. The predicted octanol–water partition coefficient (Wildman–Crippen LogP) is 3.31. The lowest BCUT2D eigenvalue weighted by Gasteiger charge is -2.09. The van der Waals surface area contributed by atoms with E-state index in [9.17, 15) is 4.79 Å². The summed E-state index contributed by atoms with van der Waals surface area (Å²) in [5, 5.41) is 7.98. The summed E-state index contributed by atoms with van der Waals surface area (Å²) in [5.41, 5.74) is 2.86. The molecule has 3 aromatic rings. The summed E-state index contributed by atoms with van der Waals surface area (Å²) in [6.45, 7) is 2.07. The minimum Gasteiger partial charge on any atom is -0.495 e. The van der Waals surface area contributed by atoms with E-state index >= 15 is 0 Å². The molecule has 0 unspecified atom stereocenters. The molecule has 0 saturated heterocycles. The van der Waals surface area contributed by atoms with Crippen molar-refractivity contribution >= 4 is 29.0 Å². The highest BCUT2D eigenvalue weighted by atomic mass is 16.5. The molecule has 6 nitrogen and oxygen atoms in total. The standard InChI is InChI=1S/C18H17N3O3/c1-3-24-18(22)13-5-7-15-16(17(13)23-2)14(20-21-15)6-4-12-8-10-19-11-9-12/h4-11H,3H2,1-2H3,(H,20,21). The van der Waals surface area contributed by atoms with E-state index in [1.165, 1.54) is 7.11 Å². The van der Waals surface area contributed by atoms with Gasteiger partial charge in [0.05, 0.1) is 30.3 Å². The van der Waals surface area contributed by atoms with Crippen LogP contribution in [0.5, 0.6) is 5.75 Å². The van der Waals surface area contributed by atoms with E-state index in [4.69, 9.17) is 9.47 Å². The minimum atomic E-state index is -0.415. The largest absolute Gasteiger partial charge is 0.495 e. The summed E-state index contributed by atoms with van der Waals surface area (Å²) in [6.07, 6.45) is 7.28. The number of benzene rings is 1. The third kappa shape index (κ3) is 2.99. The van der Waals surface area contributed by atoms with Gasteiger partial charge in [-0.2, -0.15) is 5.10 Å². The van der Waals surface area contributed by atoms with Crippen LogP contribution in [0.15, 0.2) is 36.7 Å². The van der Waals surface area contributed by atoms with Gasteiger partial charge < -0.3 is 9.47 Å². The molecule has 0 spiro atoms. The molecule has 0 aliphatic carbocycles. The van der Waals surface area contributed by atoms with Gasteiger partial charge in [-0.05, 0) is 42.8 Å². The molecule has 3 rings (SSSR count). The van der Waals surface area contributed by atoms with Gasteiger partial charge in [0.15, 0.2) is 0 Å². The second kappa shape index (κ2) is 6.95. The Labute approximate surface area is 139 Å². The summed E-state index contributed by atoms with van der Waals surface area (Å²) in [5.74, 6) is 0.0376. The van der Waals surface area contributed by atoms with Crippen molar-refractivity contribution in [2.75, 3.05) is 13.7 Å². The number of carbonyl (C=O) groups is 1. The zero-order valence-corrected chi connectivity index (χ0v) is 13.4. The van der Waals surface area contributed by atoms with Crippen molar-refractivity contribution in [3.63, 3.8) is 0 Å². The summed E-state index contributed by atoms with van der Waals surface area (Å²) < 4.78 is 10.6. The third-order valence-corrected chi connectivity index (χ3v) is 3.55. The quantitative estimate of drug-likeness (QED) is 0.729. The molecule has 0 saturated carbocycles. The Morgan fingerprint density at radius 1 is 1.21 bits per heavy atom. The van der Waals surface area contributed by atoms with Crippen LogP contribution in [0.4, 0.5) is 0 Å². The van der Waals surface area contributed by atoms with Gasteiger partial charge in [-0.1, -0.05) is 6.08 Å². The summed E-state index contributed by atoms with van der Waals surface area (Å²) in [4.78, 5) is 16.1. The van der Waals surface area contributed by atoms with Gasteiger partial charge in [-0.3, -0.25) is 10.1 Å². The molecule has 0 bridgehead atoms. The molecule has 0 fully saturated rings. The Kier molecular flexibility index (Phi) is 4.56. The van der Waals surface area contributed by atoms with Crippen molar-refractivity contribution in [1.82, 2.24) is 15.2 Å². The number of pyridine rings is 1. The van der Waals surface area contributed by atoms with Crippen LogP contribution in [0.1, 0.15) is 28.5 Å². The molecule has 0 atom stereocenters. The lowest BCUT2D eigenvalue weighted by molar-refractivity contribution is 0.0523. The summed E-state index contributed by atoms with van der Waals surface area (Å²) in [6, 6.07) is 7.23. The van der Waals surface area contributed by atoms with E-state index in [2.05, 4.69) is 15.2 Å². The molecule has 2 heterocycles. The van der Waals surface area contributed by atoms with Crippen molar-refractivity contribution in [2.45, 2.75) is 6.92 Å². The zero-order chi connectivity index (χ0) is 16.9. The summed E-state index contributed by atoms with van der Waals surface area (Å²) in [7, 11) is 1.53. The Morgan fingerprint density at radius 2 is 2.00 bits per heavy atom. The molecule has 122 valence electrons. The monoisotopic (exact) mass is 323 g/mol. The molecule has 1 N–H and O–H groups in total. The maximum Gasteiger partial charge on any atom is 0.341 e. The van der Waals surface area contributed by atoms with Crippen molar-refractivity contribution in [1.29, 1.82) is 0 Å². The van der Waals surface area contributed by atoms with Gasteiger partial charge in [0.1, 0.15) is 11.3 Å². The Balaban J connectivity index is 2.08. The second-order valence-corrected chi connectivity index (χ2v) is 5.01. The molecule has 1 aromatic carbocycles. The molecule has 2 aromatic heterocycles. The lowest BCUT2D eigenvalue weighted by Crippen LogP contribution is -2.07. The van der Waals surface area contributed by atoms with Gasteiger partial charge in [-0.25, -0.2) is 4.79 Å². The number of fused-ring (bicyclic) bond motifs is 1. The first-order valence-corrected chi connectivity index (χ1v) is 7.55. The first kappa shape index (κ1) is 15.7. The SMILES string of the molecule is CCOC(=O)c1ccc2n[nH]c(C=Cc3ccncc3)c2c1OC. The average Bonchev–Trinajstić information content (AvgIpc) is 3.03. The molecule has 0 aliphatic rings. The Morgan fingerprint density at radius 3 is 2.71 bits per heavy atom. The van der Waals surface area contributed by atoms with E-state index in [0.29, 0.717) is 23.4 Å². The van der Waals surface area contributed by atoms with Gasteiger partial charge >= 0.3 is 5.97 Å². The van der Waals surface area contributed by atoms with Crippen LogP contribution < -0.4 is 4.74 Å². The minimum absolute atomic E-state index is 0.306. The number of H-pyrrole nitrogens is 1. The van der Waals surface area contributed by atoms with Crippen LogP contribution in [-0.4, -0.2) is 34.9 Å². The van der Waals surface area contributed by atoms with Gasteiger partial charge in [0.2, 0.25) is 0 Å². The van der Waals surface area contributed by atoms with E-state index < -0.39 is 5.97 Å². The van der Waals surface area contributed by atoms with Crippen LogP contribution in [0.2, 0.25) is 0 Å². The maximum atomic E-state index is 12.1. The first-order valence-electron chi connectivity index (χ1n) is 7.55. The average molecular weight is 323 g/mol. The number of hydrogen-bond acceptors (Lipinski definition) is 5. The fourth-order valence-corrected chi connectivity index (χ4v) is 2.46. The number of aromatic amines is 1. The van der Waals surface area contributed by atoms with Crippen molar-refractivity contribution in [3.8, 4) is 5.75 Å². The van der Waals surface area contributed by atoms with Crippen LogP contribution in [0.3, 0.4) is 0 Å². The zero-order valence-electron chi connectivity index (χ0n) is 13.4. The second-order valence-electron chi connectivity index (χ2n) is 5.01. The van der Waals surface area contributed by atoms with Gasteiger partial charge in [0.25, 0.3) is 0 Å². The smallest absolute Gasteiger partial charge is 0.341 e. The Bertz CT molecular complexity index is 885. The number of esters is 1. The predicted molar refractivity (Wildman–Crippen MR) is 91.8 cm³/mol. The maximum absolute atomic E-state index is 12.1. The number of nitrogens with zero attached hydrogens (tertiary/aromatic N) is 2. The van der Waals surface area contributed by atoms with E-state index in [-0.39, 0.29) is 0 Å². The van der Waals surface area contributed by atoms with E-state index in [1.807, 2.05) is 24.3 Å². The molecule has 0 aliphatic heterocycles. The first-order chi connectivity index (χ1) is 11.7. The Hall–Kier alpha value is -3.15. The number of hydrogen-bond donors (Lipinski definition) is 1. The highest BCUT2D eigenvalue weighted by Gasteiger charge is 2.19. The number of ether oxygens (including phenoxy) is 2. The van der Waals surface area contributed by atoms with Crippen LogP contribution in [-0.2, 0) is 4.74 Å². The van der Waals surface area contributed by atoms with E-state index in [0.717, 1.165) is 16.6 Å². The van der Waals surface area contributed by atoms with Gasteiger partial charge in [0, 0.05) is 12.4 Å². The summed E-state index contributed by atoms with van der Waals surface area (Å²) >= 11 is 0. The number of nitrogens with one attached hydrogen (secondary N) is 1. The van der Waals surface area contributed by atoms with Crippen LogP contribution in [0, 0.1) is 0 Å². The number of aromatic nitrogens is 3. The van der Waals surface area contributed by atoms with E-state index in [1.54, 1.807) is 31.5 Å². The molecular formula is C18H17N3O3. The van der Waals surface area contributed by atoms with Crippen molar-refractivity contribution < 1.29 is 14.3 Å². The highest BCUT2D eigenvalue weighted by molar-refractivity contribution is 6.03. The van der Waals surface area contributed by atoms with Crippen LogP contribution in [0.25, 0.3) is 23.1 Å². The number of rotatable bonds is 5. The molecule has 6 heteroatoms. The lowest BCUT2D eigenvalue weighted by atomic mass is 10.1.